The zero-order chi connectivity index (χ0) is 13.8. The third kappa shape index (κ3) is 3.65. The number of ether oxygens (including phenoxy) is 2. The molecular weight excluding hydrogens is 280 g/mol. The second-order valence-corrected chi connectivity index (χ2v) is 4.47. The number of nitrogens with two attached hydrogens (primary N) is 1. The molecule has 1 amide bonds. The van der Waals surface area contributed by atoms with E-state index in [1.165, 1.54) is 0 Å². The van der Waals surface area contributed by atoms with Crippen molar-refractivity contribution in [2.75, 3.05) is 20.3 Å². The average Bonchev–Trinajstić information content (AvgIpc) is 2.45. The Morgan fingerprint density at radius 1 is 1.55 bits per heavy atom. The minimum absolute atomic E-state index is 0. The number of halogens is 1. The second-order valence-electron chi connectivity index (χ2n) is 4.47. The predicted molar refractivity (Wildman–Crippen MR) is 80.4 cm³/mol. The fraction of sp³-hybridized carbons (Fsp3) is 0.357. The van der Waals surface area contributed by atoms with Gasteiger partial charge in [-0.2, -0.15) is 0 Å². The number of methoxy groups -OCH3 is 1. The van der Waals surface area contributed by atoms with E-state index in [2.05, 4.69) is 5.32 Å². The monoisotopic (exact) mass is 298 g/mol. The first-order chi connectivity index (χ1) is 9.13. The quantitative estimate of drug-likeness (QED) is 0.880. The molecule has 0 saturated carbocycles. The van der Waals surface area contributed by atoms with Gasteiger partial charge in [-0.15, -0.1) is 12.4 Å². The molecule has 110 valence electrons. The maximum Gasteiger partial charge on any atom is 0.250 e. The smallest absolute Gasteiger partial charge is 0.250 e. The molecule has 6 heteroatoms. The summed E-state index contributed by atoms with van der Waals surface area (Å²) in [4.78, 5) is 12.0. The lowest BCUT2D eigenvalue weighted by Crippen LogP contribution is -2.39. The molecule has 0 fully saturated rings. The molecule has 0 aliphatic carbocycles. The van der Waals surface area contributed by atoms with Gasteiger partial charge < -0.3 is 20.5 Å². The maximum absolute atomic E-state index is 12.0. The maximum atomic E-state index is 12.0. The lowest BCUT2D eigenvalue weighted by molar-refractivity contribution is -0.118. The molecule has 2 rings (SSSR count). The number of carbonyl (C=O) groups is 1. The minimum Gasteiger partial charge on any atom is -0.497 e. The van der Waals surface area contributed by atoms with Crippen LogP contribution in [-0.4, -0.2) is 32.2 Å². The Hall–Kier alpha value is -1.72. The molecule has 0 aromatic heterocycles. The SMILES string of the molecule is COc1ccc2c(c1)C=C(C(=O)N[C@@H](C)CN)CO2.Cl. The van der Waals surface area contributed by atoms with Gasteiger partial charge in [-0.05, 0) is 31.2 Å². The molecule has 3 N–H and O–H groups in total. The zero-order valence-corrected chi connectivity index (χ0v) is 12.3. The number of amides is 1. The van der Waals surface area contributed by atoms with Gasteiger partial charge in [0.2, 0.25) is 0 Å². The van der Waals surface area contributed by atoms with E-state index in [-0.39, 0.29) is 31.0 Å². The van der Waals surface area contributed by atoms with Crippen molar-refractivity contribution < 1.29 is 14.3 Å². The molecule has 1 aromatic carbocycles. The largest absolute Gasteiger partial charge is 0.497 e. The van der Waals surface area contributed by atoms with Gasteiger partial charge in [0.1, 0.15) is 18.1 Å². The van der Waals surface area contributed by atoms with Crippen LogP contribution in [0, 0.1) is 0 Å². The van der Waals surface area contributed by atoms with Crippen LogP contribution in [-0.2, 0) is 4.79 Å². The van der Waals surface area contributed by atoms with Crippen LogP contribution in [0.3, 0.4) is 0 Å². The van der Waals surface area contributed by atoms with Gasteiger partial charge in [-0.3, -0.25) is 4.79 Å². The Labute approximate surface area is 124 Å². The van der Waals surface area contributed by atoms with Gasteiger partial charge in [-0.25, -0.2) is 0 Å². The average molecular weight is 299 g/mol. The van der Waals surface area contributed by atoms with Crippen LogP contribution in [0.4, 0.5) is 0 Å². The highest BCUT2D eigenvalue weighted by Gasteiger charge is 2.18. The topological polar surface area (TPSA) is 73.6 Å². The van der Waals surface area contributed by atoms with E-state index >= 15 is 0 Å². The van der Waals surface area contributed by atoms with Gasteiger partial charge in [0, 0.05) is 18.2 Å². The molecule has 0 radical (unpaired) electrons. The van der Waals surface area contributed by atoms with Crippen molar-refractivity contribution in [3.05, 3.63) is 29.3 Å². The number of fused-ring (bicyclic) bond motifs is 1. The minimum atomic E-state index is -0.147. The van der Waals surface area contributed by atoms with Crippen LogP contribution in [0.15, 0.2) is 23.8 Å². The molecule has 1 heterocycles. The Bertz CT molecular complexity index is 517. The molecular formula is C14H19ClN2O3. The summed E-state index contributed by atoms with van der Waals surface area (Å²) < 4.78 is 10.7. The van der Waals surface area contributed by atoms with Gasteiger partial charge in [-0.1, -0.05) is 0 Å². The third-order valence-corrected chi connectivity index (χ3v) is 2.95. The van der Waals surface area contributed by atoms with E-state index in [1.807, 2.05) is 31.2 Å². The molecule has 1 aliphatic rings. The van der Waals surface area contributed by atoms with Crippen molar-refractivity contribution in [2.45, 2.75) is 13.0 Å². The summed E-state index contributed by atoms with van der Waals surface area (Å²) >= 11 is 0. The Morgan fingerprint density at radius 2 is 2.30 bits per heavy atom. The highest BCUT2D eigenvalue weighted by Crippen LogP contribution is 2.29. The van der Waals surface area contributed by atoms with Crippen molar-refractivity contribution in [1.82, 2.24) is 5.32 Å². The van der Waals surface area contributed by atoms with Crippen molar-refractivity contribution >= 4 is 24.4 Å². The molecule has 0 bridgehead atoms. The molecule has 20 heavy (non-hydrogen) atoms. The normalized spacial score (nSPS) is 14.1. The number of carbonyl (C=O) groups excluding carboxylic acids is 1. The first-order valence-electron chi connectivity index (χ1n) is 6.16. The van der Waals surface area contributed by atoms with Gasteiger partial charge >= 0.3 is 0 Å². The third-order valence-electron chi connectivity index (χ3n) is 2.95. The summed E-state index contributed by atoms with van der Waals surface area (Å²) in [7, 11) is 1.60. The lowest BCUT2D eigenvalue weighted by Gasteiger charge is -2.19. The highest BCUT2D eigenvalue weighted by atomic mass is 35.5. The zero-order valence-electron chi connectivity index (χ0n) is 11.5. The summed E-state index contributed by atoms with van der Waals surface area (Å²) in [6.07, 6.45) is 1.82. The molecule has 0 saturated heterocycles. The summed E-state index contributed by atoms with van der Waals surface area (Å²) in [5, 5.41) is 2.82. The highest BCUT2D eigenvalue weighted by molar-refractivity contribution is 5.99. The molecule has 1 aliphatic heterocycles. The summed E-state index contributed by atoms with van der Waals surface area (Å²) in [5.74, 6) is 1.34. The van der Waals surface area contributed by atoms with E-state index in [4.69, 9.17) is 15.2 Å². The van der Waals surface area contributed by atoms with Crippen molar-refractivity contribution in [2.24, 2.45) is 5.73 Å². The number of rotatable bonds is 4. The van der Waals surface area contributed by atoms with Crippen molar-refractivity contribution in [3.8, 4) is 11.5 Å². The Kier molecular flexibility index (Phi) is 5.85. The fourth-order valence-corrected chi connectivity index (χ4v) is 1.79. The van der Waals surface area contributed by atoms with E-state index < -0.39 is 0 Å². The Balaban J connectivity index is 0.00000200. The van der Waals surface area contributed by atoms with Crippen LogP contribution in [0.25, 0.3) is 6.08 Å². The number of hydrogen-bond donors (Lipinski definition) is 2. The van der Waals surface area contributed by atoms with Crippen LogP contribution in [0.1, 0.15) is 12.5 Å². The molecule has 5 nitrogen and oxygen atoms in total. The standard InChI is InChI=1S/C14H18N2O3.ClH/c1-9(7-15)16-14(17)11-5-10-6-12(18-2)3-4-13(10)19-8-11;/h3-6,9H,7-8,15H2,1-2H3,(H,16,17);1H/t9-;/m0./s1. The first-order valence-corrected chi connectivity index (χ1v) is 6.16. The van der Waals surface area contributed by atoms with Crippen LogP contribution in [0.5, 0.6) is 11.5 Å². The Morgan fingerprint density at radius 3 is 2.95 bits per heavy atom. The second kappa shape index (κ2) is 7.17. The number of benzene rings is 1. The van der Waals surface area contributed by atoms with Crippen molar-refractivity contribution in [1.29, 1.82) is 0 Å². The van der Waals surface area contributed by atoms with Crippen molar-refractivity contribution in [3.63, 3.8) is 0 Å². The molecule has 0 spiro atoms. The fourth-order valence-electron chi connectivity index (χ4n) is 1.79. The van der Waals surface area contributed by atoms with Crippen LogP contribution in [0.2, 0.25) is 0 Å². The summed E-state index contributed by atoms with van der Waals surface area (Å²) in [5.41, 5.74) is 6.91. The summed E-state index contributed by atoms with van der Waals surface area (Å²) in [6, 6.07) is 5.45. The first kappa shape index (κ1) is 16.3. The van der Waals surface area contributed by atoms with E-state index in [9.17, 15) is 4.79 Å². The number of hydrogen-bond acceptors (Lipinski definition) is 4. The van der Waals surface area contributed by atoms with Crippen LogP contribution < -0.4 is 20.5 Å². The van der Waals surface area contributed by atoms with Gasteiger partial charge in [0.05, 0.1) is 12.7 Å². The van der Waals surface area contributed by atoms with E-state index in [1.54, 1.807) is 7.11 Å². The van der Waals surface area contributed by atoms with E-state index in [0.717, 1.165) is 17.1 Å². The van der Waals surface area contributed by atoms with Gasteiger partial charge in [0.25, 0.3) is 5.91 Å². The predicted octanol–water partition coefficient (Wildman–Crippen LogP) is 1.36. The molecule has 1 aromatic rings. The van der Waals surface area contributed by atoms with Crippen LogP contribution >= 0.6 is 12.4 Å². The number of nitrogens with one attached hydrogen (secondary N) is 1. The summed E-state index contributed by atoms with van der Waals surface area (Å²) in [6.45, 7) is 2.53. The molecule has 1 atom stereocenters. The lowest BCUT2D eigenvalue weighted by atomic mass is 10.1. The van der Waals surface area contributed by atoms with E-state index in [0.29, 0.717) is 12.1 Å². The van der Waals surface area contributed by atoms with Gasteiger partial charge in [0.15, 0.2) is 0 Å². The molecule has 0 unspecified atom stereocenters.